The van der Waals surface area contributed by atoms with Crippen molar-refractivity contribution in [1.82, 2.24) is 0 Å². The van der Waals surface area contributed by atoms with Crippen LogP contribution in [0.3, 0.4) is 0 Å². The highest BCUT2D eigenvalue weighted by molar-refractivity contribution is 6.36. The van der Waals surface area contributed by atoms with E-state index in [9.17, 15) is 0 Å². The second-order valence-electron chi connectivity index (χ2n) is 8.16. The van der Waals surface area contributed by atoms with Crippen LogP contribution in [-0.2, 0) is 0 Å². The molecular formula is C30H18. The smallest absolute Gasteiger partial charge is 0.00199 e. The number of benzene rings is 7. The fraction of sp³-hybridized carbons (Fsp3) is 0. The Hall–Kier alpha value is -3.90. The van der Waals surface area contributed by atoms with E-state index in [1.807, 2.05) is 0 Å². The van der Waals surface area contributed by atoms with Crippen LogP contribution in [0.5, 0.6) is 0 Å². The molecule has 0 nitrogen and oxygen atoms in total. The van der Waals surface area contributed by atoms with Crippen LogP contribution in [-0.4, -0.2) is 0 Å². The molecular weight excluding hydrogens is 360 g/mol. The number of rotatable bonds is 0. The van der Waals surface area contributed by atoms with Gasteiger partial charge in [0.25, 0.3) is 0 Å². The van der Waals surface area contributed by atoms with Gasteiger partial charge in [0.1, 0.15) is 0 Å². The van der Waals surface area contributed by atoms with Crippen LogP contribution in [0.1, 0.15) is 0 Å². The van der Waals surface area contributed by atoms with Crippen molar-refractivity contribution in [3.63, 3.8) is 0 Å². The van der Waals surface area contributed by atoms with Crippen molar-refractivity contribution in [3.8, 4) is 0 Å². The van der Waals surface area contributed by atoms with Crippen molar-refractivity contribution in [2.75, 3.05) is 0 Å². The van der Waals surface area contributed by atoms with Gasteiger partial charge in [-0.05, 0) is 76.8 Å². The van der Waals surface area contributed by atoms with E-state index in [4.69, 9.17) is 0 Å². The molecule has 0 aliphatic heterocycles. The summed E-state index contributed by atoms with van der Waals surface area (Å²) in [6.45, 7) is 0. The van der Waals surface area contributed by atoms with Gasteiger partial charge in [-0.15, -0.1) is 0 Å². The van der Waals surface area contributed by atoms with Crippen molar-refractivity contribution in [2.45, 2.75) is 0 Å². The minimum Gasteiger partial charge on any atom is -0.0616 e. The molecule has 0 radical (unpaired) electrons. The fourth-order valence-electron chi connectivity index (χ4n) is 5.23. The summed E-state index contributed by atoms with van der Waals surface area (Å²) in [6.07, 6.45) is 0. The van der Waals surface area contributed by atoms with Gasteiger partial charge in [-0.2, -0.15) is 0 Å². The van der Waals surface area contributed by atoms with Gasteiger partial charge >= 0.3 is 0 Å². The Morgan fingerprint density at radius 1 is 0.267 bits per heavy atom. The summed E-state index contributed by atoms with van der Waals surface area (Å²) in [5.41, 5.74) is 0. The first-order valence-corrected chi connectivity index (χ1v) is 10.5. The quantitative estimate of drug-likeness (QED) is 0.183. The van der Waals surface area contributed by atoms with Gasteiger partial charge < -0.3 is 0 Å². The van der Waals surface area contributed by atoms with Gasteiger partial charge in [-0.3, -0.25) is 0 Å². The summed E-state index contributed by atoms with van der Waals surface area (Å²) in [7, 11) is 0. The topological polar surface area (TPSA) is 0 Å². The molecule has 0 N–H and O–H groups in total. The fourth-order valence-corrected chi connectivity index (χ4v) is 5.23. The van der Waals surface area contributed by atoms with Crippen molar-refractivity contribution >= 4 is 64.6 Å². The first-order chi connectivity index (χ1) is 14.9. The van der Waals surface area contributed by atoms with E-state index in [0.717, 1.165) is 0 Å². The Bertz CT molecular complexity index is 1780. The van der Waals surface area contributed by atoms with Crippen LogP contribution in [0, 0.1) is 0 Å². The summed E-state index contributed by atoms with van der Waals surface area (Å²) >= 11 is 0. The van der Waals surface area contributed by atoms with Gasteiger partial charge in [0.05, 0.1) is 0 Å². The highest BCUT2D eigenvalue weighted by Crippen LogP contribution is 2.42. The normalized spacial score (nSPS) is 12.0. The van der Waals surface area contributed by atoms with Gasteiger partial charge in [0.15, 0.2) is 0 Å². The zero-order valence-corrected chi connectivity index (χ0v) is 16.4. The molecule has 0 saturated carbocycles. The van der Waals surface area contributed by atoms with E-state index >= 15 is 0 Å². The van der Waals surface area contributed by atoms with E-state index in [-0.39, 0.29) is 0 Å². The Kier molecular flexibility index (Phi) is 3.09. The third-order valence-corrected chi connectivity index (χ3v) is 6.57. The maximum atomic E-state index is 2.38. The SMILES string of the molecule is c1ccc2cc3c(cc2c1)c1ccc2ccccc2c1c1ccc2ccccc2c31. The second-order valence-corrected chi connectivity index (χ2v) is 8.16. The van der Waals surface area contributed by atoms with E-state index < -0.39 is 0 Å². The Balaban J connectivity index is 1.90. The van der Waals surface area contributed by atoms with Gasteiger partial charge in [0, 0.05) is 0 Å². The van der Waals surface area contributed by atoms with E-state index in [1.165, 1.54) is 64.6 Å². The molecule has 0 heteroatoms. The number of hydrogen-bond donors (Lipinski definition) is 0. The van der Waals surface area contributed by atoms with Crippen LogP contribution in [0.4, 0.5) is 0 Å². The molecule has 0 fully saturated rings. The average molecular weight is 378 g/mol. The minimum atomic E-state index is 1.29. The van der Waals surface area contributed by atoms with Gasteiger partial charge in [0.2, 0.25) is 0 Å². The zero-order chi connectivity index (χ0) is 19.7. The van der Waals surface area contributed by atoms with Gasteiger partial charge in [-0.25, -0.2) is 0 Å². The van der Waals surface area contributed by atoms with Crippen molar-refractivity contribution < 1.29 is 0 Å². The maximum absolute atomic E-state index is 2.38. The molecule has 0 bridgehead atoms. The minimum absolute atomic E-state index is 1.29. The lowest BCUT2D eigenvalue weighted by atomic mass is 9.88. The summed E-state index contributed by atoms with van der Waals surface area (Å²) in [6, 6.07) is 40.1. The van der Waals surface area contributed by atoms with Gasteiger partial charge in [-0.1, -0.05) is 97.1 Å². The highest BCUT2D eigenvalue weighted by Gasteiger charge is 2.14. The van der Waals surface area contributed by atoms with Crippen LogP contribution in [0.15, 0.2) is 109 Å². The van der Waals surface area contributed by atoms with Crippen LogP contribution < -0.4 is 0 Å². The van der Waals surface area contributed by atoms with E-state index in [1.54, 1.807) is 0 Å². The maximum Gasteiger partial charge on any atom is -0.00199 e. The summed E-state index contributed by atoms with van der Waals surface area (Å²) in [5.74, 6) is 0. The standard InChI is InChI=1S/C30H18/c1-2-10-22-18-28-27(17-21(22)9-1)25-15-13-19-7-3-5-11-23(19)29(25)26-16-14-20-8-4-6-12-24(20)30(26)28/h1-18H. The first-order valence-electron chi connectivity index (χ1n) is 10.5. The molecule has 138 valence electrons. The van der Waals surface area contributed by atoms with Crippen LogP contribution in [0.25, 0.3) is 64.6 Å². The molecule has 0 atom stereocenters. The lowest BCUT2D eigenvalue weighted by Crippen LogP contribution is -1.87. The Morgan fingerprint density at radius 3 is 1.37 bits per heavy atom. The molecule has 7 aromatic rings. The highest BCUT2D eigenvalue weighted by atomic mass is 14.2. The second kappa shape index (κ2) is 5.81. The molecule has 0 unspecified atom stereocenters. The molecule has 0 amide bonds. The predicted molar refractivity (Wildman–Crippen MR) is 131 cm³/mol. The average Bonchev–Trinajstić information content (AvgIpc) is 2.82. The number of hydrogen-bond acceptors (Lipinski definition) is 0. The van der Waals surface area contributed by atoms with Crippen molar-refractivity contribution in [1.29, 1.82) is 0 Å². The Labute approximate surface area is 174 Å². The lowest BCUT2D eigenvalue weighted by Gasteiger charge is -2.15. The predicted octanol–water partition coefficient (Wildman–Crippen LogP) is 8.61. The molecule has 30 heavy (non-hydrogen) atoms. The monoisotopic (exact) mass is 378 g/mol. The molecule has 0 aliphatic rings. The van der Waals surface area contributed by atoms with Crippen molar-refractivity contribution in [3.05, 3.63) is 109 Å². The number of fused-ring (bicyclic) bond motifs is 11. The molecule has 0 heterocycles. The lowest BCUT2D eigenvalue weighted by molar-refractivity contribution is 1.78. The third-order valence-electron chi connectivity index (χ3n) is 6.57. The summed E-state index contributed by atoms with van der Waals surface area (Å²) < 4.78 is 0. The molecule has 0 aromatic heterocycles. The summed E-state index contributed by atoms with van der Waals surface area (Å²) in [4.78, 5) is 0. The molecule has 0 aliphatic carbocycles. The largest absolute Gasteiger partial charge is 0.0616 e. The molecule has 7 aromatic carbocycles. The molecule has 0 spiro atoms. The third kappa shape index (κ3) is 2.06. The van der Waals surface area contributed by atoms with E-state index in [2.05, 4.69) is 109 Å². The first kappa shape index (κ1) is 16.0. The molecule has 0 saturated heterocycles. The van der Waals surface area contributed by atoms with Crippen LogP contribution >= 0.6 is 0 Å². The molecule has 7 rings (SSSR count). The summed E-state index contributed by atoms with van der Waals surface area (Å²) in [5, 5.41) is 15.9. The zero-order valence-electron chi connectivity index (χ0n) is 16.4. The van der Waals surface area contributed by atoms with Crippen LogP contribution in [0.2, 0.25) is 0 Å². The van der Waals surface area contributed by atoms with E-state index in [0.29, 0.717) is 0 Å². The Morgan fingerprint density at radius 2 is 0.733 bits per heavy atom. The van der Waals surface area contributed by atoms with Crippen molar-refractivity contribution in [2.24, 2.45) is 0 Å².